The molecular formula is C20H24N2O. The van der Waals surface area contributed by atoms with Crippen molar-refractivity contribution in [2.24, 2.45) is 0 Å². The van der Waals surface area contributed by atoms with Gasteiger partial charge in [-0.2, -0.15) is 0 Å². The fraction of sp³-hybridized carbons (Fsp3) is 0.250. The largest absolute Gasteiger partial charge is 0.351 e. The van der Waals surface area contributed by atoms with Crippen molar-refractivity contribution < 1.29 is 4.79 Å². The molecule has 0 aliphatic carbocycles. The van der Waals surface area contributed by atoms with Crippen LogP contribution in [0.2, 0.25) is 0 Å². The minimum Gasteiger partial charge on any atom is -0.351 e. The highest BCUT2D eigenvalue weighted by Crippen LogP contribution is 2.16. The molecule has 0 bridgehead atoms. The summed E-state index contributed by atoms with van der Waals surface area (Å²) in [6.07, 6.45) is 3.43. The Morgan fingerprint density at radius 1 is 1.13 bits per heavy atom. The number of hydrogen-bond acceptors (Lipinski definition) is 2. The number of hydrogen-bond donors (Lipinski definition) is 1. The van der Waals surface area contributed by atoms with Crippen molar-refractivity contribution in [3.63, 3.8) is 0 Å². The van der Waals surface area contributed by atoms with Crippen LogP contribution in [0.1, 0.15) is 22.7 Å². The molecule has 1 atom stereocenters. The number of likely N-dealkylation sites (N-methyl/N-ethyl adjacent to an activating group) is 1. The Morgan fingerprint density at radius 2 is 1.87 bits per heavy atom. The number of nitrogens with one attached hydrogen (secondary N) is 1. The summed E-state index contributed by atoms with van der Waals surface area (Å²) in [6, 6.07) is 18.4. The van der Waals surface area contributed by atoms with Gasteiger partial charge in [0, 0.05) is 12.6 Å². The molecule has 2 aromatic rings. The zero-order valence-electron chi connectivity index (χ0n) is 14.0. The molecule has 0 radical (unpaired) electrons. The maximum absolute atomic E-state index is 12.0. The molecule has 0 aliphatic heterocycles. The highest BCUT2D eigenvalue weighted by Gasteiger charge is 2.13. The van der Waals surface area contributed by atoms with Crippen LogP contribution in [-0.2, 0) is 4.79 Å². The third-order valence-electron chi connectivity index (χ3n) is 3.75. The van der Waals surface area contributed by atoms with Crippen LogP contribution < -0.4 is 5.32 Å². The van der Waals surface area contributed by atoms with Gasteiger partial charge in [0.1, 0.15) is 0 Å². The molecule has 0 fully saturated rings. The lowest BCUT2D eigenvalue weighted by Gasteiger charge is -2.24. The third kappa shape index (κ3) is 5.38. The number of carbonyl (C=O) groups excluding carboxylic acids is 1. The number of rotatable bonds is 6. The smallest absolute Gasteiger partial charge is 0.244 e. The summed E-state index contributed by atoms with van der Waals surface area (Å²) in [5.41, 5.74) is 3.41. The van der Waals surface area contributed by atoms with Crippen molar-refractivity contribution in [2.75, 3.05) is 20.6 Å². The Balaban J connectivity index is 1.94. The van der Waals surface area contributed by atoms with Crippen molar-refractivity contribution in [2.45, 2.75) is 13.0 Å². The monoisotopic (exact) mass is 308 g/mol. The molecule has 3 heteroatoms. The fourth-order valence-electron chi connectivity index (χ4n) is 2.48. The number of amides is 1. The standard InChI is InChI=1S/C20H24N2O/c1-16-8-7-9-17(14-16)12-13-20(23)21-15-19(22(2)3)18-10-5-4-6-11-18/h4-14,19H,15H2,1-3H3,(H,21,23)/b13-12+. The van der Waals surface area contributed by atoms with Gasteiger partial charge in [0.25, 0.3) is 0 Å². The zero-order valence-corrected chi connectivity index (χ0v) is 14.0. The summed E-state index contributed by atoms with van der Waals surface area (Å²) < 4.78 is 0. The van der Waals surface area contributed by atoms with E-state index in [1.165, 1.54) is 11.1 Å². The van der Waals surface area contributed by atoms with Gasteiger partial charge >= 0.3 is 0 Å². The number of nitrogens with zero attached hydrogens (tertiary/aromatic N) is 1. The Kier molecular flexibility index (Phi) is 6.12. The highest BCUT2D eigenvalue weighted by atomic mass is 16.1. The highest BCUT2D eigenvalue weighted by molar-refractivity contribution is 5.91. The SMILES string of the molecule is Cc1cccc(/C=C/C(=O)NCC(c2ccccc2)N(C)C)c1. The summed E-state index contributed by atoms with van der Waals surface area (Å²) in [5, 5.41) is 2.98. The minimum atomic E-state index is -0.0747. The van der Waals surface area contributed by atoms with Crippen LogP contribution >= 0.6 is 0 Å². The van der Waals surface area contributed by atoms with E-state index in [1.807, 2.05) is 63.5 Å². The molecule has 1 amide bonds. The van der Waals surface area contributed by atoms with E-state index >= 15 is 0 Å². The Labute approximate surface area is 138 Å². The van der Waals surface area contributed by atoms with E-state index in [0.717, 1.165) is 5.56 Å². The molecule has 3 nitrogen and oxygen atoms in total. The van der Waals surface area contributed by atoms with E-state index in [0.29, 0.717) is 6.54 Å². The second-order valence-electron chi connectivity index (χ2n) is 5.88. The van der Waals surface area contributed by atoms with Crippen LogP contribution in [-0.4, -0.2) is 31.4 Å². The van der Waals surface area contributed by atoms with Crippen molar-refractivity contribution >= 4 is 12.0 Å². The molecule has 0 aromatic heterocycles. The molecule has 2 rings (SSSR count). The molecule has 0 saturated carbocycles. The lowest BCUT2D eigenvalue weighted by molar-refractivity contribution is -0.116. The molecule has 120 valence electrons. The molecular weight excluding hydrogens is 284 g/mol. The van der Waals surface area contributed by atoms with Crippen molar-refractivity contribution in [3.8, 4) is 0 Å². The normalized spacial score (nSPS) is 12.5. The van der Waals surface area contributed by atoms with Crippen LogP contribution in [0.3, 0.4) is 0 Å². The first-order valence-corrected chi connectivity index (χ1v) is 7.80. The second kappa shape index (κ2) is 8.30. The molecule has 0 saturated heterocycles. The van der Waals surface area contributed by atoms with Gasteiger partial charge in [0.2, 0.25) is 5.91 Å². The number of benzene rings is 2. The van der Waals surface area contributed by atoms with Crippen molar-refractivity contribution in [1.82, 2.24) is 10.2 Å². The quantitative estimate of drug-likeness (QED) is 0.829. The van der Waals surface area contributed by atoms with Gasteiger partial charge in [0.15, 0.2) is 0 Å². The molecule has 2 aromatic carbocycles. The van der Waals surface area contributed by atoms with Crippen LogP contribution in [0.4, 0.5) is 0 Å². The summed E-state index contributed by atoms with van der Waals surface area (Å²) >= 11 is 0. The Bertz CT molecular complexity index is 662. The number of carbonyl (C=O) groups is 1. The predicted molar refractivity (Wildman–Crippen MR) is 96.1 cm³/mol. The molecule has 1 unspecified atom stereocenters. The van der Waals surface area contributed by atoms with Gasteiger partial charge < -0.3 is 10.2 Å². The van der Waals surface area contributed by atoms with Crippen molar-refractivity contribution in [3.05, 3.63) is 77.4 Å². The topological polar surface area (TPSA) is 32.3 Å². The van der Waals surface area contributed by atoms with Crippen molar-refractivity contribution in [1.29, 1.82) is 0 Å². The van der Waals surface area contributed by atoms with E-state index in [1.54, 1.807) is 6.08 Å². The van der Waals surface area contributed by atoms with Gasteiger partial charge in [0.05, 0.1) is 6.04 Å². The lowest BCUT2D eigenvalue weighted by Crippen LogP contribution is -2.33. The molecule has 0 aliphatic rings. The maximum Gasteiger partial charge on any atom is 0.244 e. The minimum absolute atomic E-state index is 0.0747. The van der Waals surface area contributed by atoms with Gasteiger partial charge in [-0.3, -0.25) is 4.79 Å². The maximum atomic E-state index is 12.0. The Morgan fingerprint density at radius 3 is 2.52 bits per heavy atom. The average molecular weight is 308 g/mol. The van der Waals surface area contributed by atoms with E-state index in [-0.39, 0.29) is 11.9 Å². The first kappa shape index (κ1) is 17.0. The van der Waals surface area contributed by atoms with Gasteiger partial charge in [-0.25, -0.2) is 0 Å². The second-order valence-corrected chi connectivity index (χ2v) is 5.88. The summed E-state index contributed by atoms with van der Waals surface area (Å²) in [4.78, 5) is 14.2. The van der Waals surface area contributed by atoms with Crippen LogP contribution in [0.25, 0.3) is 6.08 Å². The summed E-state index contributed by atoms with van der Waals surface area (Å²) in [6.45, 7) is 2.62. The molecule has 1 N–H and O–H groups in total. The van der Waals surface area contributed by atoms with Gasteiger partial charge in [-0.1, -0.05) is 60.2 Å². The summed E-state index contributed by atoms with van der Waals surface area (Å²) in [7, 11) is 4.04. The third-order valence-corrected chi connectivity index (χ3v) is 3.75. The van der Waals surface area contributed by atoms with E-state index in [2.05, 4.69) is 28.4 Å². The van der Waals surface area contributed by atoms with Gasteiger partial charge in [-0.05, 0) is 38.2 Å². The van der Waals surface area contributed by atoms with E-state index in [4.69, 9.17) is 0 Å². The first-order valence-electron chi connectivity index (χ1n) is 7.80. The predicted octanol–water partition coefficient (Wildman–Crippen LogP) is 3.43. The zero-order chi connectivity index (χ0) is 16.7. The summed E-state index contributed by atoms with van der Waals surface area (Å²) in [5.74, 6) is -0.0747. The average Bonchev–Trinajstić information content (AvgIpc) is 2.54. The number of aryl methyl sites for hydroxylation is 1. The van der Waals surface area contributed by atoms with E-state index < -0.39 is 0 Å². The van der Waals surface area contributed by atoms with Gasteiger partial charge in [-0.15, -0.1) is 0 Å². The first-order chi connectivity index (χ1) is 11.1. The fourth-order valence-corrected chi connectivity index (χ4v) is 2.48. The molecule has 23 heavy (non-hydrogen) atoms. The van der Waals surface area contributed by atoms with Crippen LogP contribution in [0.15, 0.2) is 60.7 Å². The Hall–Kier alpha value is -2.39. The lowest BCUT2D eigenvalue weighted by atomic mass is 10.1. The molecule has 0 heterocycles. The molecule has 0 spiro atoms. The van der Waals surface area contributed by atoms with E-state index in [9.17, 15) is 4.79 Å². The van der Waals surface area contributed by atoms with Crippen LogP contribution in [0.5, 0.6) is 0 Å². The van der Waals surface area contributed by atoms with Crippen LogP contribution in [0, 0.1) is 6.92 Å².